The molecule has 3 rings (SSSR count). The minimum atomic E-state index is -0.361. The second-order valence-electron chi connectivity index (χ2n) is 6.24. The summed E-state index contributed by atoms with van der Waals surface area (Å²) in [6.07, 6.45) is 0.355. The van der Waals surface area contributed by atoms with Crippen molar-refractivity contribution in [3.63, 3.8) is 0 Å². The van der Waals surface area contributed by atoms with Crippen LogP contribution in [0.5, 0.6) is 0 Å². The monoisotopic (exact) mass is 332 g/mol. The summed E-state index contributed by atoms with van der Waals surface area (Å²) in [6.45, 7) is 4.49. The number of esters is 2. The van der Waals surface area contributed by atoms with Gasteiger partial charge in [-0.05, 0) is 18.9 Å². The molecule has 0 saturated carbocycles. The van der Waals surface area contributed by atoms with E-state index in [4.69, 9.17) is 9.47 Å². The Morgan fingerprint density at radius 2 is 1.92 bits per heavy atom. The van der Waals surface area contributed by atoms with Gasteiger partial charge in [0.05, 0.1) is 25.8 Å². The molecule has 130 valence electrons. The molecule has 0 spiro atoms. The number of carbonyl (C=O) groups is 2. The lowest BCUT2D eigenvalue weighted by atomic mass is 10.0. The zero-order chi connectivity index (χ0) is 17.1. The van der Waals surface area contributed by atoms with E-state index in [2.05, 4.69) is 21.9 Å². The standard InChI is InChI=1S/C18H24N2O4/c1-3-24-18(22)15-11-14(17(21)23-2)16-19(9-10-20(15)16)12-13-7-5-4-6-8-13/h4-8,14-16H,3,9-12H2,1-2H3. The van der Waals surface area contributed by atoms with Crippen molar-refractivity contribution in [2.24, 2.45) is 5.92 Å². The highest BCUT2D eigenvalue weighted by Gasteiger charge is 2.53. The van der Waals surface area contributed by atoms with E-state index in [-0.39, 0.29) is 30.1 Å². The van der Waals surface area contributed by atoms with Gasteiger partial charge < -0.3 is 9.47 Å². The maximum Gasteiger partial charge on any atom is 0.323 e. The van der Waals surface area contributed by atoms with Gasteiger partial charge in [0.1, 0.15) is 6.04 Å². The van der Waals surface area contributed by atoms with Crippen LogP contribution >= 0.6 is 0 Å². The van der Waals surface area contributed by atoms with Gasteiger partial charge in [0, 0.05) is 19.6 Å². The number of hydrogen-bond donors (Lipinski definition) is 0. The Balaban J connectivity index is 1.80. The molecule has 3 atom stereocenters. The summed E-state index contributed by atoms with van der Waals surface area (Å²) in [5.74, 6) is -0.817. The van der Waals surface area contributed by atoms with E-state index < -0.39 is 0 Å². The van der Waals surface area contributed by atoms with E-state index in [0.717, 1.165) is 19.6 Å². The molecule has 0 radical (unpaired) electrons. The predicted molar refractivity (Wildman–Crippen MR) is 87.9 cm³/mol. The molecular formula is C18H24N2O4. The van der Waals surface area contributed by atoms with Crippen LogP contribution in [0.15, 0.2) is 30.3 Å². The number of methoxy groups -OCH3 is 1. The maximum atomic E-state index is 12.3. The van der Waals surface area contributed by atoms with E-state index in [1.165, 1.54) is 12.7 Å². The molecule has 2 fully saturated rings. The molecule has 2 aliphatic rings. The van der Waals surface area contributed by atoms with Crippen LogP contribution in [-0.4, -0.2) is 60.8 Å². The molecule has 1 aromatic carbocycles. The second kappa shape index (κ2) is 7.32. The van der Waals surface area contributed by atoms with Crippen molar-refractivity contribution in [2.75, 3.05) is 26.8 Å². The summed E-state index contributed by atoms with van der Waals surface area (Å²) in [5.41, 5.74) is 1.20. The van der Waals surface area contributed by atoms with Gasteiger partial charge in [-0.25, -0.2) is 0 Å². The van der Waals surface area contributed by atoms with Gasteiger partial charge >= 0.3 is 11.9 Å². The highest BCUT2D eigenvalue weighted by molar-refractivity contribution is 5.80. The summed E-state index contributed by atoms with van der Waals surface area (Å²) in [5, 5.41) is 0. The molecule has 24 heavy (non-hydrogen) atoms. The van der Waals surface area contributed by atoms with E-state index in [0.29, 0.717) is 13.0 Å². The first-order valence-corrected chi connectivity index (χ1v) is 8.44. The third-order valence-electron chi connectivity index (χ3n) is 4.89. The summed E-state index contributed by atoms with van der Waals surface area (Å²) in [7, 11) is 1.40. The van der Waals surface area contributed by atoms with Crippen molar-refractivity contribution in [1.82, 2.24) is 9.80 Å². The SMILES string of the molecule is CCOC(=O)C1CC(C(=O)OC)C2N(Cc3ccccc3)CCN12. The average molecular weight is 332 g/mol. The molecule has 1 aromatic rings. The quantitative estimate of drug-likeness (QED) is 0.757. The van der Waals surface area contributed by atoms with Gasteiger partial charge in [0.15, 0.2) is 0 Å². The van der Waals surface area contributed by atoms with Crippen LogP contribution in [0.4, 0.5) is 0 Å². The lowest BCUT2D eigenvalue weighted by Gasteiger charge is -2.28. The van der Waals surface area contributed by atoms with E-state index in [9.17, 15) is 9.59 Å². The van der Waals surface area contributed by atoms with Crippen LogP contribution in [-0.2, 0) is 25.6 Å². The third-order valence-corrected chi connectivity index (χ3v) is 4.89. The molecule has 0 aliphatic carbocycles. The summed E-state index contributed by atoms with van der Waals surface area (Å²) < 4.78 is 10.2. The third kappa shape index (κ3) is 3.16. The largest absolute Gasteiger partial charge is 0.469 e. The number of rotatable bonds is 5. The van der Waals surface area contributed by atoms with Gasteiger partial charge in [0.2, 0.25) is 0 Å². The van der Waals surface area contributed by atoms with Crippen molar-refractivity contribution in [1.29, 1.82) is 0 Å². The predicted octanol–water partition coefficient (Wildman–Crippen LogP) is 1.25. The van der Waals surface area contributed by atoms with Crippen LogP contribution in [0.2, 0.25) is 0 Å². The van der Waals surface area contributed by atoms with Gasteiger partial charge in [-0.1, -0.05) is 30.3 Å². The summed E-state index contributed by atoms with van der Waals surface area (Å²) in [4.78, 5) is 28.9. The molecule has 2 aliphatic heterocycles. The topological polar surface area (TPSA) is 59.1 Å². The fraction of sp³-hybridized carbons (Fsp3) is 0.556. The molecule has 6 heteroatoms. The van der Waals surface area contributed by atoms with Gasteiger partial charge in [-0.15, -0.1) is 0 Å². The van der Waals surface area contributed by atoms with Crippen molar-refractivity contribution >= 4 is 11.9 Å². The van der Waals surface area contributed by atoms with Crippen molar-refractivity contribution in [2.45, 2.75) is 32.1 Å². The first-order chi connectivity index (χ1) is 11.7. The number of ether oxygens (including phenoxy) is 2. The Morgan fingerprint density at radius 3 is 2.58 bits per heavy atom. The van der Waals surface area contributed by atoms with Crippen LogP contribution in [0, 0.1) is 5.92 Å². The smallest absolute Gasteiger partial charge is 0.323 e. The van der Waals surface area contributed by atoms with Gasteiger partial charge in [0.25, 0.3) is 0 Å². The lowest BCUT2D eigenvalue weighted by molar-refractivity contribution is -0.149. The fourth-order valence-electron chi connectivity index (χ4n) is 3.87. The van der Waals surface area contributed by atoms with Crippen LogP contribution < -0.4 is 0 Å². The highest BCUT2D eigenvalue weighted by Crippen LogP contribution is 2.37. The molecule has 3 unspecified atom stereocenters. The molecule has 0 N–H and O–H groups in total. The van der Waals surface area contributed by atoms with E-state index >= 15 is 0 Å². The minimum absolute atomic E-state index is 0.105. The Bertz CT molecular complexity index is 592. The summed E-state index contributed by atoms with van der Waals surface area (Å²) >= 11 is 0. The number of carbonyl (C=O) groups excluding carboxylic acids is 2. The van der Waals surface area contributed by atoms with E-state index in [1.54, 1.807) is 6.92 Å². The normalized spacial score (nSPS) is 27.0. The van der Waals surface area contributed by atoms with Gasteiger partial charge in [-0.3, -0.25) is 19.4 Å². The first kappa shape index (κ1) is 16.9. The molecule has 0 aromatic heterocycles. The molecule has 2 heterocycles. The number of nitrogens with zero attached hydrogens (tertiary/aromatic N) is 2. The number of hydrogen-bond acceptors (Lipinski definition) is 6. The Morgan fingerprint density at radius 1 is 1.17 bits per heavy atom. The number of benzene rings is 1. The Kier molecular flexibility index (Phi) is 5.16. The van der Waals surface area contributed by atoms with Crippen molar-refractivity contribution in [3.8, 4) is 0 Å². The Labute approximate surface area is 142 Å². The molecule has 2 saturated heterocycles. The molecule has 6 nitrogen and oxygen atoms in total. The molecule has 0 amide bonds. The molecular weight excluding hydrogens is 308 g/mol. The number of fused-ring (bicyclic) bond motifs is 1. The Hall–Kier alpha value is -1.92. The van der Waals surface area contributed by atoms with Crippen LogP contribution in [0.25, 0.3) is 0 Å². The highest BCUT2D eigenvalue weighted by atomic mass is 16.5. The van der Waals surface area contributed by atoms with Crippen LogP contribution in [0.1, 0.15) is 18.9 Å². The van der Waals surface area contributed by atoms with Gasteiger partial charge in [-0.2, -0.15) is 0 Å². The second-order valence-corrected chi connectivity index (χ2v) is 6.24. The van der Waals surface area contributed by atoms with Crippen molar-refractivity contribution in [3.05, 3.63) is 35.9 Å². The lowest BCUT2D eigenvalue weighted by Crippen LogP contribution is -2.44. The zero-order valence-electron chi connectivity index (χ0n) is 14.2. The van der Waals surface area contributed by atoms with Crippen LogP contribution in [0.3, 0.4) is 0 Å². The maximum absolute atomic E-state index is 12.3. The fourth-order valence-corrected chi connectivity index (χ4v) is 3.87. The minimum Gasteiger partial charge on any atom is -0.469 e. The average Bonchev–Trinajstić information content (AvgIpc) is 3.16. The summed E-state index contributed by atoms with van der Waals surface area (Å²) in [6, 6.07) is 9.80. The van der Waals surface area contributed by atoms with Crippen molar-refractivity contribution < 1.29 is 19.1 Å². The molecule has 0 bridgehead atoms. The zero-order valence-corrected chi connectivity index (χ0v) is 14.2. The van der Waals surface area contributed by atoms with E-state index in [1.807, 2.05) is 18.2 Å². The first-order valence-electron chi connectivity index (χ1n) is 8.44.